The van der Waals surface area contributed by atoms with Crippen molar-refractivity contribution in [3.05, 3.63) is 53.6 Å². The maximum Gasteiger partial charge on any atom is 0.223 e. The first-order valence-corrected chi connectivity index (χ1v) is 11.5. The van der Waals surface area contributed by atoms with Crippen LogP contribution >= 0.6 is 0 Å². The minimum Gasteiger partial charge on any atom is -0.497 e. The molecule has 0 bridgehead atoms. The number of carbonyl (C=O) groups excluding carboxylic acids is 2. The second-order valence-electron chi connectivity index (χ2n) is 8.49. The van der Waals surface area contributed by atoms with Gasteiger partial charge in [0.1, 0.15) is 19.0 Å². The number of likely N-dealkylation sites (tertiary alicyclic amines) is 1. The number of carbonyl (C=O) groups is 2. The van der Waals surface area contributed by atoms with E-state index in [-0.39, 0.29) is 24.5 Å². The van der Waals surface area contributed by atoms with Gasteiger partial charge in [0.15, 0.2) is 17.3 Å². The van der Waals surface area contributed by atoms with E-state index >= 15 is 0 Å². The molecule has 0 radical (unpaired) electrons. The molecular weight excluding hydrogens is 406 g/mol. The maximum absolute atomic E-state index is 12.6. The van der Waals surface area contributed by atoms with Gasteiger partial charge in [-0.25, -0.2) is 0 Å². The van der Waals surface area contributed by atoms with Crippen molar-refractivity contribution in [1.29, 1.82) is 0 Å². The molecule has 1 amide bonds. The van der Waals surface area contributed by atoms with Gasteiger partial charge in [-0.05, 0) is 67.5 Å². The molecule has 0 atom stereocenters. The Morgan fingerprint density at radius 2 is 1.69 bits per heavy atom. The lowest BCUT2D eigenvalue weighted by atomic mass is 9.90. The van der Waals surface area contributed by atoms with Crippen LogP contribution in [-0.4, -0.2) is 50.0 Å². The summed E-state index contributed by atoms with van der Waals surface area (Å²) in [5.41, 5.74) is 1.89. The number of hydrogen-bond donors (Lipinski definition) is 0. The van der Waals surface area contributed by atoms with Crippen LogP contribution in [0.5, 0.6) is 17.2 Å². The van der Waals surface area contributed by atoms with Crippen LogP contribution in [0, 0.1) is 5.92 Å². The number of methoxy groups -OCH3 is 1. The van der Waals surface area contributed by atoms with Crippen molar-refractivity contribution < 1.29 is 23.8 Å². The maximum atomic E-state index is 12.6. The predicted octanol–water partition coefficient (Wildman–Crippen LogP) is 4.30. The normalized spacial score (nSPS) is 16.0. The number of hydrogen-bond acceptors (Lipinski definition) is 5. The zero-order chi connectivity index (χ0) is 22.3. The van der Waals surface area contributed by atoms with Gasteiger partial charge in [-0.15, -0.1) is 0 Å². The van der Waals surface area contributed by atoms with Crippen molar-refractivity contribution >= 4 is 11.7 Å². The van der Waals surface area contributed by atoms with Crippen LogP contribution in [-0.2, 0) is 11.2 Å². The number of nitrogens with zero attached hydrogens (tertiary/aromatic N) is 1. The Kier molecular flexibility index (Phi) is 7.30. The third-order valence-corrected chi connectivity index (χ3v) is 6.40. The summed E-state index contributed by atoms with van der Waals surface area (Å²) < 4.78 is 16.2. The summed E-state index contributed by atoms with van der Waals surface area (Å²) in [6.07, 6.45) is 4.71. The van der Waals surface area contributed by atoms with Crippen molar-refractivity contribution in [2.45, 2.75) is 38.5 Å². The Morgan fingerprint density at radius 3 is 2.41 bits per heavy atom. The third kappa shape index (κ3) is 5.61. The summed E-state index contributed by atoms with van der Waals surface area (Å²) in [5.74, 6) is 2.83. The highest BCUT2D eigenvalue weighted by atomic mass is 16.6. The molecule has 32 heavy (non-hydrogen) atoms. The lowest BCUT2D eigenvalue weighted by Gasteiger charge is -2.32. The van der Waals surface area contributed by atoms with Gasteiger partial charge in [-0.1, -0.05) is 12.1 Å². The number of fused-ring (bicyclic) bond motifs is 1. The monoisotopic (exact) mass is 437 g/mol. The molecule has 2 aromatic carbocycles. The highest BCUT2D eigenvalue weighted by Crippen LogP contribution is 2.31. The van der Waals surface area contributed by atoms with Crippen molar-refractivity contribution in [2.24, 2.45) is 5.92 Å². The van der Waals surface area contributed by atoms with Crippen LogP contribution in [0.2, 0.25) is 0 Å². The van der Waals surface area contributed by atoms with Crippen LogP contribution in [0.1, 0.15) is 48.0 Å². The minimum absolute atomic E-state index is 0.0373. The lowest BCUT2D eigenvalue weighted by Crippen LogP contribution is -2.38. The molecule has 1 fully saturated rings. The predicted molar refractivity (Wildman–Crippen MR) is 122 cm³/mol. The van der Waals surface area contributed by atoms with E-state index < -0.39 is 0 Å². The number of piperidine rings is 1. The first-order valence-electron chi connectivity index (χ1n) is 11.5. The van der Waals surface area contributed by atoms with Crippen LogP contribution in [0.25, 0.3) is 0 Å². The second-order valence-corrected chi connectivity index (χ2v) is 8.49. The minimum atomic E-state index is -0.0373. The first kappa shape index (κ1) is 22.2. The van der Waals surface area contributed by atoms with Gasteiger partial charge in [0.25, 0.3) is 0 Å². The molecule has 2 aliphatic rings. The van der Waals surface area contributed by atoms with E-state index in [2.05, 4.69) is 12.1 Å². The summed E-state index contributed by atoms with van der Waals surface area (Å²) in [6.45, 7) is 2.57. The van der Waals surface area contributed by atoms with Crippen molar-refractivity contribution in [1.82, 2.24) is 4.90 Å². The zero-order valence-corrected chi connectivity index (χ0v) is 18.7. The van der Waals surface area contributed by atoms with Crippen molar-refractivity contribution in [3.8, 4) is 17.2 Å². The van der Waals surface area contributed by atoms with Crippen molar-refractivity contribution in [2.75, 3.05) is 33.4 Å². The summed E-state index contributed by atoms with van der Waals surface area (Å²) in [4.78, 5) is 27.1. The van der Waals surface area contributed by atoms with E-state index in [1.807, 2.05) is 17.0 Å². The highest BCUT2D eigenvalue weighted by molar-refractivity contribution is 5.98. The molecule has 6 heteroatoms. The van der Waals surface area contributed by atoms with Crippen LogP contribution in [0.3, 0.4) is 0 Å². The number of ether oxygens (including phenoxy) is 3. The Bertz CT molecular complexity index is 932. The summed E-state index contributed by atoms with van der Waals surface area (Å²) in [7, 11) is 1.68. The molecule has 2 aromatic rings. The van der Waals surface area contributed by atoms with Gasteiger partial charge in [-0.2, -0.15) is 0 Å². The number of amides is 1. The molecule has 2 aliphatic heterocycles. The molecule has 0 unspecified atom stereocenters. The SMILES string of the molecule is COc1ccc(CCC2CCN(C(=O)CCC(=O)c3ccc4c(c3)OCCO4)CC2)cc1. The molecule has 4 rings (SSSR count). The smallest absolute Gasteiger partial charge is 0.223 e. The zero-order valence-electron chi connectivity index (χ0n) is 18.7. The third-order valence-electron chi connectivity index (χ3n) is 6.40. The van der Waals surface area contributed by atoms with Gasteiger partial charge < -0.3 is 19.1 Å². The second kappa shape index (κ2) is 10.5. The Hall–Kier alpha value is -3.02. The van der Waals surface area contributed by atoms with Crippen molar-refractivity contribution in [3.63, 3.8) is 0 Å². The standard InChI is InChI=1S/C26H31NO5/c1-30-22-7-4-19(5-8-22)2-3-20-12-14-27(15-13-20)26(29)11-9-23(28)21-6-10-24-25(18-21)32-17-16-31-24/h4-8,10,18,20H,2-3,9,11-17H2,1H3. The number of benzene rings is 2. The summed E-state index contributed by atoms with van der Waals surface area (Å²) in [5, 5.41) is 0. The highest BCUT2D eigenvalue weighted by Gasteiger charge is 2.23. The number of ketones is 1. The van der Waals surface area contributed by atoms with E-state index in [0.29, 0.717) is 36.2 Å². The van der Waals surface area contributed by atoms with E-state index in [0.717, 1.165) is 44.5 Å². The molecule has 2 heterocycles. The van der Waals surface area contributed by atoms with Crippen LogP contribution in [0.15, 0.2) is 42.5 Å². The first-order chi connectivity index (χ1) is 15.6. The molecule has 0 saturated carbocycles. The number of rotatable bonds is 8. The molecule has 0 N–H and O–H groups in total. The lowest BCUT2D eigenvalue weighted by molar-refractivity contribution is -0.132. The van der Waals surface area contributed by atoms with Crippen LogP contribution in [0.4, 0.5) is 0 Å². The number of Topliss-reactive ketones (excluding diaryl/α,β-unsaturated/α-hetero) is 1. The Labute approximate surface area is 189 Å². The van der Waals surface area contributed by atoms with Gasteiger partial charge in [0.2, 0.25) is 5.91 Å². The average Bonchev–Trinajstić information content (AvgIpc) is 2.86. The summed E-state index contributed by atoms with van der Waals surface area (Å²) >= 11 is 0. The van der Waals surface area contributed by atoms with Gasteiger partial charge in [0, 0.05) is 31.5 Å². The quantitative estimate of drug-likeness (QED) is 0.576. The van der Waals surface area contributed by atoms with E-state index in [1.54, 1.807) is 25.3 Å². The average molecular weight is 438 g/mol. The molecule has 6 nitrogen and oxygen atoms in total. The van der Waals surface area contributed by atoms with Gasteiger partial charge in [-0.3, -0.25) is 9.59 Å². The van der Waals surface area contributed by atoms with E-state index in [9.17, 15) is 9.59 Å². The number of aryl methyl sites for hydroxylation is 1. The topological polar surface area (TPSA) is 65.1 Å². The molecule has 1 saturated heterocycles. The molecular formula is C26H31NO5. The molecule has 0 spiro atoms. The Morgan fingerprint density at radius 1 is 0.969 bits per heavy atom. The van der Waals surface area contributed by atoms with Gasteiger partial charge in [0.05, 0.1) is 7.11 Å². The van der Waals surface area contributed by atoms with E-state index in [4.69, 9.17) is 14.2 Å². The fourth-order valence-electron chi connectivity index (χ4n) is 4.37. The largest absolute Gasteiger partial charge is 0.497 e. The fraction of sp³-hybridized carbons (Fsp3) is 0.462. The summed E-state index contributed by atoms with van der Waals surface area (Å²) in [6, 6.07) is 13.5. The Balaban J connectivity index is 1.18. The van der Waals surface area contributed by atoms with E-state index in [1.165, 1.54) is 5.56 Å². The van der Waals surface area contributed by atoms with Gasteiger partial charge >= 0.3 is 0 Å². The molecule has 170 valence electrons. The van der Waals surface area contributed by atoms with Crippen LogP contribution < -0.4 is 14.2 Å². The molecule has 0 aliphatic carbocycles. The molecule has 0 aromatic heterocycles. The fourth-order valence-corrected chi connectivity index (χ4v) is 4.37.